The number of hydrogen-bond acceptors (Lipinski definition) is 7. The zero-order chi connectivity index (χ0) is 25.0. The second-order valence-corrected chi connectivity index (χ2v) is 8.27. The van der Waals surface area contributed by atoms with E-state index in [9.17, 15) is 14.7 Å². The van der Waals surface area contributed by atoms with Crippen molar-refractivity contribution in [2.75, 3.05) is 47.1 Å². The fraction of sp³-hybridized carbons (Fsp3) is 0.462. The van der Waals surface area contributed by atoms with E-state index in [2.05, 4.69) is 5.32 Å². The Hall–Kier alpha value is -3.46. The molecule has 2 amide bonds. The van der Waals surface area contributed by atoms with Gasteiger partial charge in [-0.3, -0.25) is 9.59 Å². The van der Waals surface area contributed by atoms with Gasteiger partial charge in [0.05, 0.1) is 27.2 Å². The number of carbonyl (C=O) groups is 2. The van der Waals surface area contributed by atoms with Crippen LogP contribution in [0.1, 0.15) is 19.3 Å². The van der Waals surface area contributed by atoms with Gasteiger partial charge in [-0.05, 0) is 37.1 Å². The Labute approximate surface area is 205 Å². The lowest BCUT2D eigenvalue weighted by molar-refractivity contribution is -0.136. The molecule has 0 bridgehead atoms. The molecule has 0 aliphatic carbocycles. The lowest BCUT2D eigenvalue weighted by Crippen LogP contribution is -2.45. The molecule has 1 fully saturated rings. The summed E-state index contributed by atoms with van der Waals surface area (Å²) in [6, 6.07) is 14.6. The molecule has 2 aromatic carbocycles. The Morgan fingerprint density at radius 3 is 2.29 bits per heavy atom. The molecule has 1 saturated heterocycles. The summed E-state index contributed by atoms with van der Waals surface area (Å²) >= 11 is 0. The minimum Gasteiger partial charge on any atom is -0.493 e. The van der Waals surface area contributed by atoms with Crippen molar-refractivity contribution in [3.05, 3.63) is 48.5 Å². The molecule has 9 heteroatoms. The van der Waals surface area contributed by atoms with Crippen LogP contribution in [0.3, 0.4) is 0 Å². The Kier molecular flexibility index (Phi) is 10.0. The van der Waals surface area contributed by atoms with E-state index >= 15 is 0 Å². The number of ether oxygens (including phenoxy) is 4. The van der Waals surface area contributed by atoms with Crippen LogP contribution in [-0.4, -0.2) is 75.0 Å². The van der Waals surface area contributed by atoms with E-state index < -0.39 is 6.10 Å². The number of para-hydroxylation sites is 2. The number of benzene rings is 2. The average Bonchev–Trinajstić information content (AvgIpc) is 2.90. The Morgan fingerprint density at radius 2 is 1.66 bits per heavy atom. The van der Waals surface area contributed by atoms with Crippen LogP contribution in [0.15, 0.2) is 48.5 Å². The van der Waals surface area contributed by atoms with Gasteiger partial charge >= 0.3 is 0 Å². The van der Waals surface area contributed by atoms with E-state index in [1.807, 2.05) is 30.3 Å². The van der Waals surface area contributed by atoms with Crippen molar-refractivity contribution >= 4 is 11.8 Å². The molecule has 3 rings (SSSR count). The second-order valence-electron chi connectivity index (χ2n) is 8.27. The number of likely N-dealkylation sites (tertiary alicyclic amines) is 1. The van der Waals surface area contributed by atoms with Crippen molar-refractivity contribution in [1.29, 1.82) is 0 Å². The van der Waals surface area contributed by atoms with E-state index in [0.29, 0.717) is 56.2 Å². The second kappa shape index (κ2) is 13.4. The monoisotopic (exact) mass is 486 g/mol. The van der Waals surface area contributed by atoms with Gasteiger partial charge in [0, 0.05) is 25.6 Å². The lowest BCUT2D eigenvalue weighted by Gasteiger charge is -2.31. The molecule has 2 aromatic rings. The normalized spacial score (nSPS) is 14.7. The van der Waals surface area contributed by atoms with Crippen LogP contribution < -0.4 is 24.3 Å². The molecule has 35 heavy (non-hydrogen) atoms. The maximum absolute atomic E-state index is 12.6. The maximum atomic E-state index is 12.6. The molecule has 190 valence electrons. The van der Waals surface area contributed by atoms with Crippen LogP contribution in [0.5, 0.6) is 23.0 Å². The summed E-state index contributed by atoms with van der Waals surface area (Å²) < 4.78 is 21.8. The number of nitrogens with zero attached hydrogens (tertiary/aromatic N) is 1. The summed E-state index contributed by atoms with van der Waals surface area (Å²) in [5, 5.41) is 13.1. The number of piperidine rings is 1. The zero-order valence-corrected chi connectivity index (χ0v) is 20.3. The summed E-state index contributed by atoms with van der Waals surface area (Å²) in [4.78, 5) is 26.8. The number of hydrogen-bond donors (Lipinski definition) is 2. The SMILES string of the molecule is COc1cccc(OC)c1OCC(O)CNC(=O)C1CCN(C(=O)CCOc2ccccc2)CC1. The third kappa shape index (κ3) is 7.78. The van der Waals surface area contributed by atoms with Crippen LogP contribution in [0.25, 0.3) is 0 Å². The predicted molar refractivity (Wildman–Crippen MR) is 130 cm³/mol. The first-order valence-electron chi connectivity index (χ1n) is 11.8. The smallest absolute Gasteiger partial charge is 0.225 e. The fourth-order valence-electron chi connectivity index (χ4n) is 3.88. The summed E-state index contributed by atoms with van der Waals surface area (Å²) in [6.45, 7) is 1.41. The molecule has 9 nitrogen and oxygen atoms in total. The highest BCUT2D eigenvalue weighted by Gasteiger charge is 2.27. The van der Waals surface area contributed by atoms with Gasteiger partial charge in [0.25, 0.3) is 0 Å². The molecule has 0 radical (unpaired) electrons. The van der Waals surface area contributed by atoms with Gasteiger partial charge in [-0.1, -0.05) is 24.3 Å². The molecule has 0 aromatic heterocycles. The molecule has 1 atom stereocenters. The van der Waals surface area contributed by atoms with Crippen molar-refractivity contribution in [3.8, 4) is 23.0 Å². The predicted octanol–water partition coefficient (Wildman–Crippen LogP) is 2.27. The van der Waals surface area contributed by atoms with Gasteiger partial charge in [0.15, 0.2) is 11.5 Å². The molecule has 0 spiro atoms. The van der Waals surface area contributed by atoms with Crippen molar-refractivity contribution in [3.63, 3.8) is 0 Å². The van der Waals surface area contributed by atoms with Crippen molar-refractivity contribution in [2.24, 2.45) is 5.92 Å². The molecule has 2 N–H and O–H groups in total. The third-order valence-electron chi connectivity index (χ3n) is 5.86. The molecule has 1 aliphatic heterocycles. The Morgan fingerprint density at radius 1 is 1.00 bits per heavy atom. The van der Waals surface area contributed by atoms with Gasteiger partial charge in [0.1, 0.15) is 18.5 Å². The summed E-state index contributed by atoms with van der Waals surface area (Å²) in [5.41, 5.74) is 0. The highest BCUT2D eigenvalue weighted by Crippen LogP contribution is 2.36. The van der Waals surface area contributed by atoms with Gasteiger partial charge < -0.3 is 34.3 Å². The number of methoxy groups -OCH3 is 2. The highest BCUT2D eigenvalue weighted by molar-refractivity contribution is 5.80. The number of rotatable bonds is 12. The van der Waals surface area contributed by atoms with E-state index in [-0.39, 0.29) is 30.9 Å². The van der Waals surface area contributed by atoms with Crippen LogP contribution >= 0.6 is 0 Å². The molecule has 1 aliphatic rings. The third-order valence-corrected chi connectivity index (χ3v) is 5.86. The van der Waals surface area contributed by atoms with Crippen molar-refractivity contribution in [2.45, 2.75) is 25.4 Å². The minimum atomic E-state index is -0.903. The maximum Gasteiger partial charge on any atom is 0.225 e. The van der Waals surface area contributed by atoms with Crippen LogP contribution in [0, 0.1) is 5.92 Å². The summed E-state index contributed by atoms with van der Waals surface area (Å²) in [7, 11) is 3.05. The van der Waals surface area contributed by atoms with Crippen molar-refractivity contribution in [1.82, 2.24) is 10.2 Å². The summed E-state index contributed by atoms with van der Waals surface area (Å²) in [6.07, 6.45) is 0.568. The molecular weight excluding hydrogens is 452 g/mol. The molecular formula is C26H34N2O7. The van der Waals surface area contributed by atoms with E-state index in [0.717, 1.165) is 5.75 Å². The number of amides is 2. The minimum absolute atomic E-state index is 0.0270. The summed E-state index contributed by atoms with van der Waals surface area (Å²) in [5.74, 6) is 1.83. The fourth-order valence-corrected chi connectivity index (χ4v) is 3.88. The first kappa shape index (κ1) is 26.2. The van der Waals surface area contributed by atoms with E-state index in [1.165, 1.54) is 14.2 Å². The van der Waals surface area contributed by atoms with Gasteiger partial charge in [-0.2, -0.15) is 0 Å². The Bertz CT molecular complexity index is 924. The van der Waals surface area contributed by atoms with Crippen molar-refractivity contribution < 1.29 is 33.6 Å². The van der Waals surface area contributed by atoms with E-state index in [4.69, 9.17) is 18.9 Å². The number of aliphatic hydroxyl groups is 1. The molecule has 0 saturated carbocycles. The Balaban J connectivity index is 1.34. The van der Waals surface area contributed by atoms with Crippen LogP contribution in [-0.2, 0) is 9.59 Å². The standard InChI is InChI=1S/C26H34N2O7/c1-32-22-9-6-10-23(33-2)25(22)35-18-20(29)17-27-26(31)19-11-14-28(15-12-19)24(30)13-16-34-21-7-4-3-5-8-21/h3-10,19-20,29H,11-18H2,1-2H3,(H,27,31). The average molecular weight is 487 g/mol. The largest absolute Gasteiger partial charge is 0.493 e. The first-order chi connectivity index (χ1) is 17.0. The van der Waals surface area contributed by atoms with Crippen LogP contribution in [0.4, 0.5) is 0 Å². The van der Waals surface area contributed by atoms with Crippen LogP contribution in [0.2, 0.25) is 0 Å². The van der Waals surface area contributed by atoms with Gasteiger partial charge in [-0.15, -0.1) is 0 Å². The highest BCUT2D eigenvalue weighted by atomic mass is 16.5. The van der Waals surface area contributed by atoms with Gasteiger partial charge in [-0.25, -0.2) is 0 Å². The zero-order valence-electron chi connectivity index (χ0n) is 20.3. The molecule has 1 unspecified atom stereocenters. The molecule has 1 heterocycles. The number of carbonyl (C=O) groups excluding carboxylic acids is 2. The number of nitrogens with one attached hydrogen (secondary N) is 1. The topological polar surface area (TPSA) is 107 Å². The van der Waals surface area contributed by atoms with E-state index in [1.54, 1.807) is 23.1 Å². The number of aliphatic hydroxyl groups excluding tert-OH is 1. The quantitative estimate of drug-likeness (QED) is 0.474. The first-order valence-corrected chi connectivity index (χ1v) is 11.8. The van der Waals surface area contributed by atoms with Gasteiger partial charge in [0.2, 0.25) is 17.6 Å². The lowest BCUT2D eigenvalue weighted by atomic mass is 9.95.